The second kappa shape index (κ2) is 7.31. The van der Waals surface area contributed by atoms with Crippen LogP contribution in [-0.4, -0.2) is 43.0 Å². The molecule has 1 aromatic carbocycles. The van der Waals surface area contributed by atoms with E-state index in [1.165, 1.54) is 23.7 Å². The summed E-state index contributed by atoms with van der Waals surface area (Å²) >= 11 is 6.22. The summed E-state index contributed by atoms with van der Waals surface area (Å²) in [5.41, 5.74) is -0.326. The minimum absolute atomic E-state index is 0.0101. The van der Waals surface area contributed by atoms with Gasteiger partial charge in [-0.3, -0.25) is 18.5 Å². The summed E-state index contributed by atoms with van der Waals surface area (Å²) in [5.74, 6) is -0.0365. The highest BCUT2D eigenvalue weighted by molar-refractivity contribution is 6.31. The molecule has 0 aliphatic carbocycles. The van der Waals surface area contributed by atoms with Crippen LogP contribution in [0, 0.1) is 5.82 Å². The van der Waals surface area contributed by atoms with Gasteiger partial charge in [0, 0.05) is 37.8 Å². The van der Waals surface area contributed by atoms with Crippen LogP contribution in [0.4, 0.5) is 10.3 Å². The molecule has 0 atom stereocenters. The molecule has 0 radical (unpaired) electrons. The summed E-state index contributed by atoms with van der Waals surface area (Å²) in [5, 5.41) is 10.1. The van der Waals surface area contributed by atoms with Crippen molar-refractivity contribution < 1.29 is 9.50 Å². The Morgan fingerprint density at radius 2 is 1.90 bits per heavy atom. The average Bonchev–Trinajstić information content (AvgIpc) is 3.07. The number of halogens is 2. The van der Waals surface area contributed by atoms with Crippen molar-refractivity contribution in [3.63, 3.8) is 0 Å². The molecule has 0 saturated carbocycles. The number of aliphatic hydroxyl groups is 1. The van der Waals surface area contributed by atoms with Gasteiger partial charge in [-0.05, 0) is 25.0 Å². The number of imidazole rings is 1. The number of aryl methyl sites for hydroxylation is 1. The van der Waals surface area contributed by atoms with Crippen LogP contribution in [0.1, 0.15) is 18.4 Å². The topological polar surface area (TPSA) is 85.3 Å². The highest BCUT2D eigenvalue weighted by Crippen LogP contribution is 2.27. The maximum atomic E-state index is 14.5. The Hall–Kier alpha value is -2.65. The molecule has 0 amide bonds. The van der Waals surface area contributed by atoms with E-state index in [0.29, 0.717) is 31.9 Å². The van der Waals surface area contributed by atoms with Crippen LogP contribution in [-0.2, 0) is 20.6 Å². The number of benzene rings is 1. The third-order valence-electron chi connectivity index (χ3n) is 5.45. The predicted octanol–water partition coefficient (Wildman–Crippen LogP) is 1.24. The normalized spacial score (nSPS) is 15.4. The Bertz CT molecular complexity index is 1190. The predicted molar refractivity (Wildman–Crippen MR) is 108 cm³/mol. The number of piperidine rings is 1. The van der Waals surface area contributed by atoms with Gasteiger partial charge in [-0.1, -0.05) is 17.7 Å². The first-order chi connectivity index (χ1) is 13.8. The average molecular weight is 422 g/mol. The maximum absolute atomic E-state index is 14.5. The van der Waals surface area contributed by atoms with Gasteiger partial charge >= 0.3 is 5.69 Å². The van der Waals surface area contributed by atoms with Gasteiger partial charge in [0.25, 0.3) is 5.56 Å². The van der Waals surface area contributed by atoms with Crippen LogP contribution < -0.4 is 16.1 Å². The van der Waals surface area contributed by atoms with E-state index in [9.17, 15) is 19.1 Å². The van der Waals surface area contributed by atoms with Crippen LogP contribution in [0.5, 0.6) is 0 Å². The van der Waals surface area contributed by atoms with E-state index < -0.39 is 17.1 Å². The van der Waals surface area contributed by atoms with Crippen LogP contribution in [0.2, 0.25) is 5.02 Å². The van der Waals surface area contributed by atoms with E-state index in [0.717, 1.165) is 4.57 Å². The molecule has 0 unspecified atom stereocenters. The monoisotopic (exact) mass is 421 g/mol. The van der Waals surface area contributed by atoms with Gasteiger partial charge in [-0.2, -0.15) is 4.98 Å². The lowest BCUT2D eigenvalue weighted by molar-refractivity contribution is 0.145. The first-order valence-corrected chi connectivity index (χ1v) is 9.69. The molecule has 0 spiro atoms. The molecule has 154 valence electrons. The summed E-state index contributed by atoms with van der Waals surface area (Å²) < 4.78 is 18.4. The van der Waals surface area contributed by atoms with Crippen LogP contribution in [0.15, 0.2) is 27.8 Å². The lowest BCUT2D eigenvalue weighted by Gasteiger charge is -2.30. The lowest BCUT2D eigenvalue weighted by atomic mass is 10.1. The molecular formula is C19H21ClFN5O3. The maximum Gasteiger partial charge on any atom is 0.332 e. The van der Waals surface area contributed by atoms with Crippen molar-refractivity contribution in [1.82, 2.24) is 18.7 Å². The molecule has 1 aliphatic heterocycles. The number of aliphatic hydroxyl groups excluding tert-OH is 1. The minimum Gasteiger partial charge on any atom is -0.393 e. The molecule has 1 aliphatic rings. The summed E-state index contributed by atoms with van der Waals surface area (Å²) in [7, 11) is 2.94. The summed E-state index contributed by atoms with van der Waals surface area (Å²) in [6.07, 6.45) is 0.726. The fraction of sp³-hybridized carbons (Fsp3) is 0.421. The molecule has 4 rings (SSSR count). The van der Waals surface area contributed by atoms with E-state index in [1.807, 2.05) is 4.90 Å². The Morgan fingerprint density at radius 3 is 2.55 bits per heavy atom. The summed E-state index contributed by atoms with van der Waals surface area (Å²) in [6, 6.07) is 4.41. The van der Waals surface area contributed by atoms with Gasteiger partial charge in [0.1, 0.15) is 5.82 Å². The van der Waals surface area contributed by atoms with Gasteiger partial charge in [-0.15, -0.1) is 0 Å². The van der Waals surface area contributed by atoms with E-state index in [-0.39, 0.29) is 34.4 Å². The number of aromatic nitrogens is 4. The lowest BCUT2D eigenvalue weighted by Crippen LogP contribution is -2.38. The fourth-order valence-electron chi connectivity index (χ4n) is 3.73. The standard InChI is InChI=1S/C19H21ClFN5O3/c1-23-16-15(17(28)24(2)19(23)29)26(10-12-13(20)4-3-5-14(12)21)18(22-16)25-8-6-11(27)7-9-25/h3-5,11,27H,6-10H2,1-2H3. The summed E-state index contributed by atoms with van der Waals surface area (Å²) in [6.45, 7) is 1.05. The number of hydrogen-bond donors (Lipinski definition) is 1. The molecule has 3 heterocycles. The van der Waals surface area contributed by atoms with Crippen molar-refractivity contribution in [3.8, 4) is 0 Å². The molecule has 3 aromatic rings. The first kappa shape index (κ1) is 19.7. The SMILES string of the molecule is Cn1c(=O)c2c(nc(N3CCC(O)CC3)n2Cc2c(F)cccc2Cl)n(C)c1=O. The van der Waals surface area contributed by atoms with Gasteiger partial charge < -0.3 is 10.0 Å². The zero-order valence-electron chi connectivity index (χ0n) is 16.1. The molecule has 0 bridgehead atoms. The second-order valence-corrected chi connectivity index (χ2v) is 7.70. The third-order valence-corrected chi connectivity index (χ3v) is 5.81. The van der Waals surface area contributed by atoms with E-state index in [4.69, 9.17) is 11.6 Å². The number of nitrogens with zero attached hydrogens (tertiary/aromatic N) is 5. The number of hydrogen-bond acceptors (Lipinski definition) is 5. The third kappa shape index (κ3) is 3.24. The fourth-order valence-corrected chi connectivity index (χ4v) is 3.96. The minimum atomic E-state index is -0.508. The van der Waals surface area contributed by atoms with Crippen LogP contribution in [0.25, 0.3) is 11.2 Å². The smallest absolute Gasteiger partial charge is 0.332 e. The highest BCUT2D eigenvalue weighted by atomic mass is 35.5. The van der Waals surface area contributed by atoms with Gasteiger partial charge in [-0.25, -0.2) is 9.18 Å². The number of fused-ring (bicyclic) bond motifs is 1. The van der Waals surface area contributed by atoms with Crippen molar-refractivity contribution >= 4 is 28.7 Å². The molecule has 2 aromatic heterocycles. The Balaban J connectivity index is 1.98. The molecule has 1 fully saturated rings. The molecule has 1 N–H and O–H groups in total. The molecular weight excluding hydrogens is 401 g/mol. The van der Waals surface area contributed by atoms with Crippen molar-refractivity contribution in [2.75, 3.05) is 18.0 Å². The number of rotatable bonds is 3. The van der Waals surface area contributed by atoms with E-state index in [1.54, 1.807) is 17.7 Å². The van der Waals surface area contributed by atoms with Gasteiger partial charge in [0.15, 0.2) is 11.2 Å². The zero-order chi connectivity index (χ0) is 20.9. The molecule has 10 heteroatoms. The van der Waals surface area contributed by atoms with E-state index in [2.05, 4.69) is 4.98 Å². The van der Waals surface area contributed by atoms with E-state index >= 15 is 0 Å². The highest BCUT2D eigenvalue weighted by Gasteiger charge is 2.26. The van der Waals surface area contributed by atoms with Crippen molar-refractivity contribution in [2.45, 2.75) is 25.5 Å². The zero-order valence-corrected chi connectivity index (χ0v) is 16.9. The molecule has 1 saturated heterocycles. The van der Waals surface area contributed by atoms with Gasteiger partial charge in [0.2, 0.25) is 5.95 Å². The van der Waals surface area contributed by atoms with Crippen LogP contribution in [0.3, 0.4) is 0 Å². The number of anilines is 1. The Morgan fingerprint density at radius 1 is 1.21 bits per heavy atom. The Labute approximate surface area is 170 Å². The van der Waals surface area contributed by atoms with Gasteiger partial charge in [0.05, 0.1) is 12.6 Å². The summed E-state index contributed by atoms with van der Waals surface area (Å²) in [4.78, 5) is 31.8. The van der Waals surface area contributed by atoms with Crippen LogP contribution >= 0.6 is 11.6 Å². The Kier molecular flexibility index (Phi) is 4.95. The molecule has 29 heavy (non-hydrogen) atoms. The van der Waals surface area contributed by atoms with Crippen molar-refractivity contribution in [1.29, 1.82) is 0 Å². The second-order valence-electron chi connectivity index (χ2n) is 7.29. The van der Waals surface area contributed by atoms with Crippen molar-refractivity contribution in [2.24, 2.45) is 14.1 Å². The first-order valence-electron chi connectivity index (χ1n) is 9.31. The molecule has 8 nitrogen and oxygen atoms in total. The van der Waals surface area contributed by atoms with Crippen molar-refractivity contribution in [3.05, 3.63) is 55.4 Å². The quantitative estimate of drug-likeness (QED) is 0.687. The largest absolute Gasteiger partial charge is 0.393 e.